The van der Waals surface area contributed by atoms with Gasteiger partial charge in [-0.2, -0.15) is 0 Å². The molecule has 0 amide bonds. The fourth-order valence-electron chi connectivity index (χ4n) is 1.67. The molecule has 1 atom stereocenters. The minimum absolute atomic E-state index is 0.868. The molecule has 0 spiro atoms. The van der Waals surface area contributed by atoms with Crippen molar-refractivity contribution < 1.29 is 17.5 Å². The smallest absolute Gasteiger partial charge is 0.415 e. The van der Waals surface area contributed by atoms with Crippen LogP contribution < -0.4 is 0 Å². The summed E-state index contributed by atoms with van der Waals surface area (Å²) >= 11 is 0. The molecule has 1 unspecified atom stereocenters. The molecular weight excluding hydrogens is 320 g/mol. The predicted molar refractivity (Wildman–Crippen MR) is 95.3 cm³/mol. The molecule has 0 radical (unpaired) electrons. The maximum absolute atomic E-state index is 10.5. The average molecular weight is 353 g/mol. The fourth-order valence-corrected chi connectivity index (χ4v) is 15.3. The highest BCUT2D eigenvalue weighted by atomic mass is 28.5. The van der Waals surface area contributed by atoms with E-state index in [-0.39, 0.29) is 0 Å². The van der Waals surface area contributed by atoms with Crippen LogP contribution in [0.4, 0.5) is 0 Å². The summed E-state index contributed by atoms with van der Waals surface area (Å²) in [7, 11) is -8.95. The Labute approximate surface area is 128 Å². The highest BCUT2D eigenvalue weighted by molar-refractivity contribution is 6.90. The van der Waals surface area contributed by atoms with Crippen molar-refractivity contribution in [2.45, 2.75) is 64.7 Å². The summed E-state index contributed by atoms with van der Waals surface area (Å²) in [5.74, 6) is 0. The number of hydrogen-bond acceptors (Lipinski definition) is 4. The van der Waals surface area contributed by atoms with Crippen molar-refractivity contribution in [2.75, 3.05) is 0 Å². The third kappa shape index (κ3) is 8.03. The van der Waals surface area contributed by atoms with Crippen molar-refractivity contribution in [3.05, 3.63) is 12.7 Å². The van der Waals surface area contributed by atoms with E-state index in [1.165, 1.54) is 6.08 Å². The topological polar surface area (TPSA) is 47.9 Å². The molecule has 0 aromatic heterocycles. The van der Waals surface area contributed by atoms with Crippen LogP contribution in [0.25, 0.3) is 0 Å². The first-order chi connectivity index (χ1) is 8.60. The van der Waals surface area contributed by atoms with Gasteiger partial charge in [-0.3, -0.25) is 0 Å². The maximum atomic E-state index is 10.5. The summed E-state index contributed by atoms with van der Waals surface area (Å²) in [5, 5.41) is 10.5. The van der Waals surface area contributed by atoms with E-state index in [2.05, 4.69) is 65.5 Å². The second-order valence-corrected chi connectivity index (χ2v) is 24.8. The molecular formula is C12H32O4Si4. The number of aliphatic hydroxyl groups is 1. The van der Waals surface area contributed by atoms with Crippen molar-refractivity contribution in [1.29, 1.82) is 0 Å². The lowest BCUT2D eigenvalue weighted by molar-refractivity contribution is 0.159. The third-order valence-electron chi connectivity index (χ3n) is 1.93. The Morgan fingerprint density at radius 2 is 1.00 bits per heavy atom. The van der Waals surface area contributed by atoms with Crippen LogP contribution in [0.2, 0.25) is 58.9 Å². The standard InChI is InChI=1S/C12H32O4Si4/c1-11-12(13)20(14-17(2,3)4,15-18(5,6)7)16-19(8,9)10/h11-13H,1H2,2-10H3. The van der Waals surface area contributed by atoms with Crippen molar-refractivity contribution >= 4 is 33.8 Å². The number of rotatable bonds is 8. The highest BCUT2D eigenvalue weighted by Crippen LogP contribution is 2.28. The number of aliphatic hydroxyl groups excluding tert-OH is 1. The van der Waals surface area contributed by atoms with Gasteiger partial charge >= 0.3 is 8.80 Å². The maximum Gasteiger partial charge on any atom is 0.503 e. The van der Waals surface area contributed by atoms with Crippen LogP contribution in [0.1, 0.15) is 0 Å². The Hall–Kier alpha value is 0.448. The molecule has 0 rings (SSSR count). The molecule has 0 bridgehead atoms. The van der Waals surface area contributed by atoms with Gasteiger partial charge in [0.2, 0.25) is 0 Å². The highest BCUT2D eigenvalue weighted by Gasteiger charge is 2.54. The van der Waals surface area contributed by atoms with Crippen LogP contribution in [0.3, 0.4) is 0 Å². The molecule has 0 saturated heterocycles. The van der Waals surface area contributed by atoms with Crippen LogP contribution in [-0.2, 0) is 12.3 Å². The lowest BCUT2D eigenvalue weighted by atomic mass is 10.7. The lowest BCUT2D eigenvalue weighted by Crippen LogP contribution is -2.66. The van der Waals surface area contributed by atoms with Gasteiger partial charge in [0, 0.05) is 0 Å². The van der Waals surface area contributed by atoms with Gasteiger partial charge in [0.15, 0.2) is 25.0 Å². The van der Waals surface area contributed by atoms with Crippen molar-refractivity contribution in [1.82, 2.24) is 0 Å². The summed E-state index contributed by atoms with van der Waals surface area (Å²) in [6.45, 7) is 22.5. The molecule has 8 heteroatoms. The minimum Gasteiger partial charge on any atom is -0.415 e. The van der Waals surface area contributed by atoms with Gasteiger partial charge < -0.3 is 17.5 Å². The van der Waals surface area contributed by atoms with E-state index in [9.17, 15) is 5.11 Å². The quantitative estimate of drug-likeness (QED) is 0.536. The fraction of sp³-hybridized carbons (Fsp3) is 0.833. The molecule has 0 aliphatic heterocycles. The second-order valence-electron chi connectivity index (χ2n) is 7.93. The van der Waals surface area contributed by atoms with Crippen molar-refractivity contribution in [3.63, 3.8) is 0 Å². The zero-order valence-electron chi connectivity index (χ0n) is 14.5. The van der Waals surface area contributed by atoms with Crippen LogP contribution >= 0.6 is 0 Å². The molecule has 4 nitrogen and oxygen atoms in total. The number of hydrogen-bond donors (Lipinski definition) is 1. The van der Waals surface area contributed by atoms with Gasteiger partial charge in [-0.15, -0.1) is 6.58 Å². The predicted octanol–water partition coefficient (Wildman–Crippen LogP) is 3.57. The minimum atomic E-state index is -3.18. The summed E-state index contributed by atoms with van der Waals surface area (Å²) in [6, 6.07) is 0. The van der Waals surface area contributed by atoms with E-state index in [0.29, 0.717) is 0 Å². The van der Waals surface area contributed by atoms with Gasteiger partial charge in [-0.25, -0.2) is 0 Å². The summed E-state index contributed by atoms with van der Waals surface area (Å²) in [6.07, 6.45) is 1.49. The Morgan fingerprint density at radius 1 is 0.750 bits per heavy atom. The summed E-state index contributed by atoms with van der Waals surface area (Å²) in [4.78, 5) is 0. The zero-order chi connectivity index (χ0) is 16.4. The zero-order valence-corrected chi connectivity index (χ0v) is 18.5. The molecule has 1 N–H and O–H groups in total. The monoisotopic (exact) mass is 352 g/mol. The van der Waals surface area contributed by atoms with Crippen LogP contribution in [0, 0.1) is 0 Å². The Kier molecular flexibility index (Phi) is 6.84. The van der Waals surface area contributed by atoms with Gasteiger partial charge in [0.25, 0.3) is 0 Å². The summed E-state index contributed by atoms with van der Waals surface area (Å²) in [5.41, 5.74) is -0.868. The Morgan fingerprint density at radius 3 is 1.15 bits per heavy atom. The van der Waals surface area contributed by atoms with E-state index in [0.717, 1.165) is 0 Å². The first kappa shape index (κ1) is 20.4. The van der Waals surface area contributed by atoms with E-state index < -0.39 is 39.5 Å². The Balaban J connectivity index is 5.69. The first-order valence-corrected chi connectivity index (χ1v) is 19.0. The second kappa shape index (κ2) is 6.69. The molecule has 0 saturated carbocycles. The van der Waals surface area contributed by atoms with Gasteiger partial charge in [0.05, 0.1) is 0 Å². The Bertz CT molecular complexity index is 287. The molecule has 0 aromatic carbocycles. The summed E-state index contributed by atoms with van der Waals surface area (Å²) < 4.78 is 18.9. The largest absolute Gasteiger partial charge is 0.503 e. The van der Waals surface area contributed by atoms with Crippen molar-refractivity contribution in [3.8, 4) is 0 Å². The molecule has 0 heterocycles. The van der Waals surface area contributed by atoms with E-state index in [1.807, 2.05) is 0 Å². The van der Waals surface area contributed by atoms with Crippen LogP contribution in [0.5, 0.6) is 0 Å². The molecule has 20 heavy (non-hydrogen) atoms. The van der Waals surface area contributed by atoms with Gasteiger partial charge in [-0.05, 0) is 58.9 Å². The molecule has 0 aliphatic carbocycles. The SMILES string of the molecule is C=CC(O)[Si](O[Si](C)(C)C)(O[Si](C)(C)C)O[Si](C)(C)C. The third-order valence-corrected chi connectivity index (χ3v) is 13.7. The van der Waals surface area contributed by atoms with Gasteiger partial charge in [-0.1, -0.05) is 6.08 Å². The normalized spacial score (nSPS) is 16.1. The van der Waals surface area contributed by atoms with Gasteiger partial charge in [0.1, 0.15) is 5.73 Å². The van der Waals surface area contributed by atoms with Crippen LogP contribution in [-0.4, -0.2) is 44.6 Å². The molecule has 120 valence electrons. The van der Waals surface area contributed by atoms with Crippen molar-refractivity contribution in [2.24, 2.45) is 0 Å². The lowest BCUT2D eigenvalue weighted by Gasteiger charge is -2.44. The molecule has 0 fully saturated rings. The molecule has 0 aliphatic rings. The van der Waals surface area contributed by atoms with E-state index >= 15 is 0 Å². The first-order valence-electron chi connectivity index (χ1n) is 7.01. The average Bonchev–Trinajstić information content (AvgIpc) is 2.07. The van der Waals surface area contributed by atoms with E-state index in [4.69, 9.17) is 12.3 Å². The van der Waals surface area contributed by atoms with Crippen LogP contribution in [0.15, 0.2) is 12.7 Å². The van der Waals surface area contributed by atoms with E-state index in [1.54, 1.807) is 0 Å². The molecule has 0 aromatic rings.